The average Bonchev–Trinajstić information content (AvgIpc) is 3.75. The smallest absolute Gasteiger partial charge is 0.262 e. The molecule has 272 valence electrons. The van der Waals surface area contributed by atoms with Gasteiger partial charge in [-0.15, -0.1) is 0 Å². The van der Waals surface area contributed by atoms with E-state index >= 15 is 0 Å². The Morgan fingerprint density at radius 1 is 0.943 bits per heavy atom. The number of fused-ring (bicyclic) bond motifs is 1. The Labute approximate surface area is 316 Å². The summed E-state index contributed by atoms with van der Waals surface area (Å²) in [7, 11) is 1.59. The number of amides is 2. The second-order valence-electron chi connectivity index (χ2n) is 14.1. The largest absolute Gasteiger partial charge is 0.481 e. The maximum atomic E-state index is 13.4. The second kappa shape index (κ2) is 14.5. The third kappa shape index (κ3) is 6.78. The van der Waals surface area contributed by atoms with E-state index in [9.17, 15) is 14.4 Å². The fourth-order valence-corrected chi connectivity index (χ4v) is 8.49. The van der Waals surface area contributed by atoms with E-state index in [-0.39, 0.29) is 34.9 Å². The molecule has 3 aromatic heterocycles. The van der Waals surface area contributed by atoms with Crippen molar-refractivity contribution in [2.24, 2.45) is 5.41 Å². The third-order valence-corrected chi connectivity index (χ3v) is 11.6. The van der Waals surface area contributed by atoms with Gasteiger partial charge >= 0.3 is 0 Å². The minimum Gasteiger partial charge on any atom is -0.481 e. The Bertz CT molecular complexity index is 2310. The number of pyridine rings is 2. The zero-order chi connectivity index (χ0) is 36.7. The molecule has 0 radical (unpaired) electrons. The normalized spacial score (nSPS) is 20.8. The van der Waals surface area contributed by atoms with Crippen LogP contribution in [0, 0.1) is 5.41 Å². The second-order valence-corrected chi connectivity index (χ2v) is 14.9. The number of carbonyl (C=O) groups is 2. The van der Waals surface area contributed by atoms with Gasteiger partial charge in [-0.3, -0.25) is 18.8 Å². The van der Waals surface area contributed by atoms with E-state index in [1.54, 1.807) is 23.9 Å². The molecule has 3 fully saturated rings. The van der Waals surface area contributed by atoms with E-state index in [1.807, 2.05) is 60.7 Å². The van der Waals surface area contributed by atoms with Crippen molar-refractivity contribution in [1.82, 2.24) is 35.6 Å². The van der Waals surface area contributed by atoms with Crippen molar-refractivity contribution in [3.05, 3.63) is 105 Å². The molecule has 1 unspecified atom stereocenters. The number of aromatic nitrogens is 3. The van der Waals surface area contributed by atoms with E-state index in [0.29, 0.717) is 58.9 Å². The number of hydrogen-bond acceptors (Lipinski definition) is 8. The van der Waals surface area contributed by atoms with Crippen LogP contribution >= 0.6 is 23.2 Å². The molecule has 1 aliphatic carbocycles. The van der Waals surface area contributed by atoms with Gasteiger partial charge in [-0.1, -0.05) is 65.7 Å². The van der Waals surface area contributed by atoms with Crippen molar-refractivity contribution < 1.29 is 14.3 Å². The van der Waals surface area contributed by atoms with E-state index < -0.39 is 0 Å². The molecule has 53 heavy (non-hydrogen) atoms. The van der Waals surface area contributed by atoms with Gasteiger partial charge in [0, 0.05) is 84.9 Å². The molecule has 2 amide bonds. The Hall–Kier alpha value is -4.81. The summed E-state index contributed by atoms with van der Waals surface area (Å²) < 4.78 is 7.20. The van der Waals surface area contributed by atoms with Gasteiger partial charge < -0.3 is 26.0 Å². The molecule has 1 saturated carbocycles. The summed E-state index contributed by atoms with van der Waals surface area (Å²) in [4.78, 5) is 46.5. The molecule has 11 nitrogen and oxygen atoms in total. The first-order chi connectivity index (χ1) is 25.7. The Morgan fingerprint density at radius 2 is 1.70 bits per heavy atom. The van der Waals surface area contributed by atoms with Crippen LogP contribution in [0.3, 0.4) is 0 Å². The summed E-state index contributed by atoms with van der Waals surface area (Å²) in [5.74, 6) is 0.736. The zero-order valence-corrected chi connectivity index (χ0v) is 30.7. The highest BCUT2D eigenvalue weighted by atomic mass is 35.5. The number of halogens is 2. The van der Waals surface area contributed by atoms with Crippen LogP contribution in [0.15, 0.2) is 77.9 Å². The van der Waals surface area contributed by atoms with Crippen LogP contribution in [0.2, 0.25) is 10.0 Å². The predicted molar refractivity (Wildman–Crippen MR) is 205 cm³/mol. The van der Waals surface area contributed by atoms with Gasteiger partial charge in [-0.2, -0.15) is 0 Å². The van der Waals surface area contributed by atoms with Crippen molar-refractivity contribution in [2.75, 3.05) is 20.2 Å². The first kappa shape index (κ1) is 35.2. The van der Waals surface area contributed by atoms with Crippen LogP contribution in [-0.2, 0) is 22.7 Å². The predicted octanol–water partition coefficient (Wildman–Crippen LogP) is 5.53. The van der Waals surface area contributed by atoms with Gasteiger partial charge in [0.25, 0.3) is 5.56 Å². The van der Waals surface area contributed by atoms with Gasteiger partial charge in [0.15, 0.2) is 0 Å². The SMILES string of the molecule is COc1nc(-c2cccc(-c3cccc(-c4ccn5c(=O)c(CNC6CC7(CCNC7=O)C6)cnc5c4)c3Cl)c2Cl)ccc1CNCC1CCC(=O)N1. The number of nitrogens with one attached hydrogen (secondary N) is 4. The summed E-state index contributed by atoms with van der Waals surface area (Å²) in [5.41, 5.74) is 6.07. The minimum absolute atomic E-state index is 0.0929. The molecule has 3 aliphatic rings. The van der Waals surface area contributed by atoms with Gasteiger partial charge in [0.05, 0.1) is 33.8 Å². The topological polar surface area (TPSA) is 139 Å². The van der Waals surface area contributed by atoms with Crippen molar-refractivity contribution in [3.63, 3.8) is 0 Å². The molecule has 5 heterocycles. The molecule has 5 aromatic rings. The lowest BCUT2D eigenvalue weighted by atomic mass is 9.64. The number of methoxy groups -OCH3 is 1. The van der Waals surface area contributed by atoms with Crippen LogP contribution in [0.4, 0.5) is 0 Å². The van der Waals surface area contributed by atoms with Gasteiger partial charge in [0.1, 0.15) is 5.65 Å². The van der Waals surface area contributed by atoms with Gasteiger partial charge in [-0.05, 0) is 49.4 Å². The molecule has 4 N–H and O–H groups in total. The fraction of sp³-hybridized carbons (Fsp3) is 0.325. The maximum Gasteiger partial charge on any atom is 0.262 e. The lowest BCUT2D eigenvalue weighted by Crippen LogP contribution is -2.52. The number of nitrogens with zero attached hydrogens (tertiary/aromatic N) is 3. The summed E-state index contributed by atoms with van der Waals surface area (Å²) in [6.45, 7) is 2.34. The molecule has 1 atom stereocenters. The highest BCUT2D eigenvalue weighted by Gasteiger charge is 2.52. The highest BCUT2D eigenvalue weighted by molar-refractivity contribution is 6.39. The van der Waals surface area contributed by atoms with Crippen LogP contribution in [0.5, 0.6) is 5.88 Å². The van der Waals surface area contributed by atoms with Crippen molar-refractivity contribution >= 4 is 40.7 Å². The molecule has 1 spiro atoms. The van der Waals surface area contributed by atoms with Crippen molar-refractivity contribution in [1.29, 1.82) is 0 Å². The van der Waals surface area contributed by atoms with E-state index in [4.69, 9.17) is 32.9 Å². The van der Waals surface area contributed by atoms with E-state index in [2.05, 4.69) is 26.3 Å². The number of rotatable bonds is 11. The molecule has 2 aromatic carbocycles. The molecule has 13 heteroatoms. The third-order valence-electron chi connectivity index (χ3n) is 10.8. The first-order valence-electron chi connectivity index (χ1n) is 17.9. The number of ether oxygens (including phenoxy) is 1. The molecular weight excluding hydrogens is 713 g/mol. The minimum atomic E-state index is -0.231. The number of hydrogen-bond donors (Lipinski definition) is 4. The summed E-state index contributed by atoms with van der Waals surface area (Å²) in [6, 6.07) is 19.5. The van der Waals surface area contributed by atoms with E-state index in [1.165, 1.54) is 0 Å². The van der Waals surface area contributed by atoms with Gasteiger partial charge in [-0.25, -0.2) is 9.97 Å². The monoisotopic (exact) mass is 751 g/mol. The molecule has 8 rings (SSSR count). The summed E-state index contributed by atoms with van der Waals surface area (Å²) >= 11 is 14.2. The first-order valence-corrected chi connectivity index (χ1v) is 18.6. The van der Waals surface area contributed by atoms with Crippen molar-refractivity contribution in [2.45, 2.75) is 57.3 Å². The lowest BCUT2D eigenvalue weighted by molar-refractivity contribution is -0.133. The van der Waals surface area contributed by atoms with Crippen molar-refractivity contribution in [3.8, 4) is 39.4 Å². The molecule has 0 bridgehead atoms. The lowest BCUT2D eigenvalue weighted by Gasteiger charge is -2.43. The Balaban J connectivity index is 0.998. The van der Waals surface area contributed by atoms with Crippen LogP contribution in [-0.4, -0.2) is 58.5 Å². The number of carbonyl (C=O) groups excluding carboxylic acids is 2. The summed E-state index contributed by atoms with van der Waals surface area (Å²) in [5, 5.41) is 13.7. The fourth-order valence-electron chi connectivity index (χ4n) is 7.83. The molecule has 2 aliphatic heterocycles. The summed E-state index contributed by atoms with van der Waals surface area (Å²) in [6.07, 6.45) is 7.21. The van der Waals surface area contributed by atoms with Crippen LogP contribution in [0.1, 0.15) is 43.2 Å². The Morgan fingerprint density at radius 3 is 2.42 bits per heavy atom. The molecule has 2 saturated heterocycles. The van der Waals surface area contributed by atoms with E-state index in [0.717, 1.165) is 65.6 Å². The van der Waals surface area contributed by atoms with Crippen LogP contribution in [0.25, 0.3) is 39.2 Å². The average molecular weight is 753 g/mol. The highest BCUT2D eigenvalue weighted by Crippen LogP contribution is 2.46. The number of benzene rings is 2. The Kier molecular flexibility index (Phi) is 9.67. The van der Waals surface area contributed by atoms with Gasteiger partial charge in [0.2, 0.25) is 17.7 Å². The van der Waals surface area contributed by atoms with Crippen LogP contribution < -0.4 is 31.6 Å². The zero-order valence-electron chi connectivity index (χ0n) is 29.2. The quantitative estimate of drug-likeness (QED) is 0.138. The maximum absolute atomic E-state index is 13.4. The standard InChI is InChI=1S/C40H39Cl2N7O4/c1-53-37-24(19-43-22-26-9-11-34(50)47-26)8-10-32(48-37)31-7-3-6-30(36(31)42)29-5-2-4-28(35(29)41)23-12-15-49-33(16-23)46-21-25(38(49)51)20-45-27-17-40(18-27)13-14-44-39(40)52/h2-8,10,12,15-16,21,26-27,43,45H,9,11,13-14,17-20,22H2,1H3,(H,44,52)(H,47,50). The molecular formula is C40H39Cl2N7O4.